The van der Waals surface area contributed by atoms with Crippen LogP contribution in [0.1, 0.15) is 46.8 Å². The van der Waals surface area contributed by atoms with E-state index in [0.29, 0.717) is 11.6 Å². The molecule has 0 aliphatic carbocycles. The summed E-state index contributed by atoms with van der Waals surface area (Å²) >= 11 is 0. The van der Waals surface area contributed by atoms with Crippen LogP contribution in [0.4, 0.5) is 0 Å². The maximum atomic E-state index is 12.6. The predicted molar refractivity (Wildman–Crippen MR) is 96.3 cm³/mol. The minimum atomic E-state index is -0.204. The molecule has 2 rings (SSSR count). The fraction of sp³-hybridized carbons (Fsp3) is 0.650. The van der Waals surface area contributed by atoms with Crippen molar-refractivity contribution in [1.82, 2.24) is 0 Å². The van der Waals surface area contributed by atoms with Crippen molar-refractivity contribution in [3.05, 3.63) is 34.4 Å². The Labute approximate surface area is 146 Å². The van der Waals surface area contributed by atoms with Crippen LogP contribution >= 0.6 is 0 Å². The smallest absolute Gasteiger partial charge is 0.339 e. The van der Waals surface area contributed by atoms with Gasteiger partial charge in [-0.15, -0.1) is 0 Å². The summed E-state index contributed by atoms with van der Waals surface area (Å²) in [5, 5.41) is 0. The summed E-state index contributed by atoms with van der Waals surface area (Å²) in [6, 6.07) is 4.65. The van der Waals surface area contributed by atoms with Gasteiger partial charge in [-0.25, -0.2) is 4.79 Å². The highest BCUT2D eigenvalue weighted by Crippen LogP contribution is 2.22. The Morgan fingerprint density at radius 2 is 1.75 bits per heavy atom. The number of hydrogen-bond acceptors (Lipinski definition) is 3. The number of hydrogen-bond donors (Lipinski definition) is 0. The monoisotopic (exact) mass is 334 g/mol. The molecule has 1 aromatic carbocycles. The average molecular weight is 334 g/mol. The van der Waals surface area contributed by atoms with Gasteiger partial charge in [-0.2, -0.15) is 0 Å². The van der Waals surface area contributed by atoms with E-state index in [1.807, 2.05) is 39.8 Å². The molecule has 4 heteroatoms. The van der Waals surface area contributed by atoms with Crippen LogP contribution in [0.2, 0.25) is 0 Å². The van der Waals surface area contributed by atoms with E-state index in [-0.39, 0.29) is 12.1 Å². The van der Waals surface area contributed by atoms with Crippen molar-refractivity contribution in [2.24, 2.45) is 0 Å². The molecule has 0 saturated carbocycles. The van der Waals surface area contributed by atoms with Crippen LogP contribution in [0.15, 0.2) is 12.1 Å². The van der Waals surface area contributed by atoms with Crippen LogP contribution in [0, 0.1) is 20.8 Å². The average Bonchev–Trinajstić information content (AvgIpc) is 2.46. The van der Waals surface area contributed by atoms with Gasteiger partial charge in [0.05, 0.1) is 38.9 Å². The van der Waals surface area contributed by atoms with Gasteiger partial charge in [0.2, 0.25) is 0 Å². The third-order valence-corrected chi connectivity index (χ3v) is 5.10. The second-order valence-corrected chi connectivity index (χ2v) is 7.79. The van der Waals surface area contributed by atoms with E-state index >= 15 is 0 Å². The maximum absolute atomic E-state index is 12.6. The lowest BCUT2D eigenvalue weighted by Gasteiger charge is -2.41. The fourth-order valence-electron chi connectivity index (χ4n) is 3.98. The van der Waals surface area contributed by atoms with Crippen molar-refractivity contribution in [3.63, 3.8) is 0 Å². The SMILES string of the molecule is Cc1cc(C)c(C(=O)OC(C)C[N+](C)(C)C2CCOCC2)c(C)c1. The van der Waals surface area contributed by atoms with E-state index in [2.05, 4.69) is 14.1 Å². The summed E-state index contributed by atoms with van der Waals surface area (Å²) in [7, 11) is 4.45. The maximum Gasteiger partial charge on any atom is 0.339 e. The van der Waals surface area contributed by atoms with Crippen LogP contribution in [0.3, 0.4) is 0 Å². The van der Waals surface area contributed by atoms with Gasteiger partial charge in [-0.1, -0.05) is 17.7 Å². The van der Waals surface area contributed by atoms with Gasteiger partial charge in [-0.05, 0) is 38.8 Å². The number of carbonyl (C=O) groups is 1. The van der Waals surface area contributed by atoms with Gasteiger partial charge < -0.3 is 14.0 Å². The fourth-order valence-corrected chi connectivity index (χ4v) is 3.98. The molecule has 1 aromatic rings. The van der Waals surface area contributed by atoms with Crippen molar-refractivity contribution in [3.8, 4) is 0 Å². The molecule has 0 N–H and O–H groups in total. The number of aryl methyl sites for hydroxylation is 3. The highest BCUT2D eigenvalue weighted by atomic mass is 16.5. The Balaban J connectivity index is 2.01. The van der Waals surface area contributed by atoms with Crippen LogP contribution in [0.25, 0.3) is 0 Å². The number of esters is 1. The molecule has 1 aliphatic heterocycles. The molecule has 1 heterocycles. The molecule has 4 nitrogen and oxygen atoms in total. The number of benzene rings is 1. The molecular weight excluding hydrogens is 302 g/mol. The highest BCUT2D eigenvalue weighted by Gasteiger charge is 2.32. The number of likely N-dealkylation sites (N-methyl/N-ethyl adjacent to an activating group) is 1. The van der Waals surface area contributed by atoms with E-state index in [0.717, 1.165) is 48.2 Å². The summed E-state index contributed by atoms with van der Waals surface area (Å²) < 4.78 is 12.1. The van der Waals surface area contributed by atoms with E-state index in [4.69, 9.17) is 9.47 Å². The van der Waals surface area contributed by atoms with Crippen LogP contribution in [-0.4, -0.2) is 56.5 Å². The molecular formula is C20H32NO3+. The molecule has 134 valence electrons. The molecule has 0 bridgehead atoms. The number of rotatable bonds is 5. The summed E-state index contributed by atoms with van der Waals surface area (Å²) in [5.41, 5.74) is 3.86. The van der Waals surface area contributed by atoms with Crippen molar-refractivity contribution < 1.29 is 18.8 Å². The van der Waals surface area contributed by atoms with Crippen LogP contribution < -0.4 is 0 Å². The summed E-state index contributed by atoms with van der Waals surface area (Å²) in [6.45, 7) is 10.5. The third-order valence-electron chi connectivity index (χ3n) is 5.10. The standard InChI is InChI=1S/C20H32NO3/c1-14-11-15(2)19(16(3)12-14)20(22)24-17(4)13-21(5,6)18-7-9-23-10-8-18/h11-12,17-18H,7-10,13H2,1-6H3/q+1. The quantitative estimate of drug-likeness (QED) is 0.611. The first-order valence-corrected chi connectivity index (χ1v) is 8.90. The first-order valence-electron chi connectivity index (χ1n) is 8.90. The van der Waals surface area contributed by atoms with Gasteiger partial charge in [-0.3, -0.25) is 0 Å². The summed E-state index contributed by atoms with van der Waals surface area (Å²) in [5.74, 6) is -0.204. The van der Waals surface area contributed by atoms with Crippen molar-refractivity contribution >= 4 is 5.97 Å². The number of nitrogens with zero attached hydrogens (tertiary/aromatic N) is 1. The van der Waals surface area contributed by atoms with Crippen LogP contribution in [0.5, 0.6) is 0 Å². The van der Waals surface area contributed by atoms with Crippen molar-refractivity contribution in [2.75, 3.05) is 33.9 Å². The number of quaternary nitrogens is 1. The first-order chi connectivity index (χ1) is 11.2. The zero-order chi connectivity index (χ0) is 17.9. The first kappa shape index (κ1) is 18.9. The number of ether oxygens (including phenoxy) is 2. The zero-order valence-electron chi connectivity index (χ0n) is 16.0. The Hall–Kier alpha value is -1.39. The normalized spacial score (nSPS) is 17.6. The van der Waals surface area contributed by atoms with E-state index in [1.165, 1.54) is 5.56 Å². The predicted octanol–water partition coefficient (Wildman–Crippen LogP) is 3.41. The molecule has 1 atom stereocenters. The third kappa shape index (κ3) is 4.58. The minimum absolute atomic E-state index is 0.115. The van der Waals surface area contributed by atoms with Crippen molar-refractivity contribution in [2.45, 2.75) is 52.7 Å². The second-order valence-electron chi connectivity index (χ2n) is 7.79. The van der Waals surface area contributed by atoms with Crippen molar-refractivity contribution in [1.29, 1.82) is 0 Å². The van der Waals surface area contributed by atoms with Gasteiger partial charge in [0.25, 0.3) is 0 Å². The van der Waals surface area contributed by atoms with Crippen LogP contribution in [-0.2, 0) is 9.47 Å². The Kier molecular flexibility index (Phi) is 6.05. The lowest BCUT2D eigenvalue weighted by atomic mass is 10.00. The van der Waals surface area contributed by atoms with E-state index in [1.54, 1.807) is 0 Å². The Morgan fingerprint density at radius 3 is 2.29 bits per heavy atom. The molecule has 24 heavy (non-hydrogen) atoms. The molecule has 0 radical (unpaired) electrons. The van der Waals surface area contributed by atoms with Gasteiger partial charge >= 0.3 is 5.97 Å². The molecule has 1 saturated heterocycles. The molecule has 1 fully saturated rings. The molecule has 0 aromatic heterocycles. The van der Waals surface area contributed by atoms with E-state index < -0.39 is 0 Å². The second kappa shape index (κ2) is 7.66. The van der Waals surface area contributed by atoms with Gasteiger partial charge in [0.15, 0.2) is 0 Å². The Bertz CT molecular complexity index is 566. The zero-order valence-corrected chi connectivity index (χ0v) is 16.0. The summed E-state index contributed by atoms with van der Waals surface area (Å²) in [6.07, 6.45) is 2.03. The highest BCUT2D eigenvalue weighted by molar-refractivity contribution is 5.92. The van der Waals surface area contributed by atoms with E-state index in [9.17, 15) is 4.79 Å². The summed E-state index contributed by atoms with van der Waals surface area (Å²) in [4.78, 5) is 12.6. The lowest BCUT2D eigenvalue weighted by Crippen LogP contribution is -2.54. The minimum Gasteiger partial charge on any atom is -0.453 e. The molecule has 0 amide bonds. The largest absolute Gasteiger partial charge is 0.453 e. The Morgan fingerprint density at radius 1 is 1.21 bits per heavy atom. The molecule has 0 spiro atoms. The molecule has 1 aliphatic rings. The lowest BCUT2D eigenvalue weighted by molar-refractivity contribution is -0.919. The van der Waals surface area contributed by atoms with Gasteiger partial charge in [0, 0.05) is 12.8 Å². The topological polar surface area (TPSA) is 35.5 Å². The molecule has 1 unspecified atom stereocenters. The van der Waals surface area contributed by atoms with Gasteiger partial charge in [0.1, 0.15) is 12.6 Å². The number of carbonyl (C=O) groups excluding carboxylic acids is 1.